The molecule has 4 nitrogen and oxygen atoms in total. The molecule has 1 rings (SSSR count). The van der Waals surface area contributed by atoms with E-state index < -0.39 is 12.3 Å². The van der Waals surface area contributed by atoms with E-state index in [2.05, 4.69) is 0 Å². The first kappa shape index (κ1) is 15.5. The molecule has 0 saturated carbocycles. The molecule has 0 saturated heterocycles. The number of rotatable bonds is 7. The van der Waals surface area contributed by atoms with Crippen LogP contribution in [0.3, 0.4) is 0 Å². The molecule has 0 aliphatic heterocycles. The number of ether oxygens (including phenoxy) is 3. The first-order chi connectivity index (χ1) is 9.17. The van der Waals surface area contributed by atoms with Crippen molar-refractivity contribution in [2.24, 2.45) is 0 Å². The van der Waals surface area contributed by atoms with Crippen LogP contribution < -0.4 is 0 Å². The zero-order chi connectivity index (χ0) is 14.1. The van der Waals surface area contributed by atoms with E-state index in [0.717, 1.165) is 12.0 Å². The van der Waals surface area contributed by atoms with Crippen LogP contribution in [0.15, 0.2) is 30.3 Å². The van der Waals surface area contributed by atoms with Gasteiger partial charge in [0, 0.05) is 0 Å². The van der Waals surface area contributed by atoms with Gasteiger partial charge in [-0.15, -0.1) is 0 Å². The molecule has 0 radical (unpaired) electrons. The third-order valence-corrected chi connectivity index (χ3v) is 2.78. The molecule has 1 aromatic rings. The second-order valence-corrected chi connectivity index (χ2v) is 4.25. The Hall–Kier alpha value is -1.55. The monoisotopic (exact) mass is 266 g/mol. The molecule has 0 aromatic heterocycles. The van der Waals surface area contributed by atoms with Gasteiger partial charge in [-0.2, -0.15) is 0 Å². The summed E-state index contributed by atoms with van der Waals surface area (Å²) < 4.78 is 15.7. The van der Waals surface area contributed by atoms with Crippen LogP contribution in [0, 0.1) is 0 Å². The molecule has 0 aliphatic carbocycles. The normalized spacial score (nSPS) is 13.6. The molecule has 1 aromatic carbocycles. The lowest BCUT2D eigenvalue weighted by atomic mass is 10.1. The third-order valence-electron chi connectivity index (χ3n) is 2.78. The highest BCUT2D eigenvalue weighted by molar-refractivity contribution is 5.60. The van der Waals surface area contributed by atoms with Crippen LogP contribution in [0.2, 0.25) is 0 Å². The predicted molar refractivity (Wildman–Crippen MR) is 73.0 cm³/mol. The molecule has 0 spiro atoms. The lowest BCUT2D eigenvalue weighted by Crippen LogP contribution is -2.20. The second-order valence-electron chi connectivity index (χ2n) is 4.25. The van der Waals surface area contributed by atoms with E-state index in [1.165, 1.54) is 0 Å². The van der Waals surface area contributed by atoms with Gasteiger partial charge < -0.3 is 14.2 Å². The van der Waals surface area contributed by atoms with Gasteiger partial charge in [-0.3, -0.25) is 0 Å². The summed E-state index contributed by atoms with van der Waals surface area (Å²) >= 11 is 0. The Balaban J connectivity index is 2.65. The van der Waals surface area contributed by atoms with Gasteiger partial charge in [0.15, 0.2) is 6.10 Å². The molecule has 106 valence electrons. The molecular weight excluding hydrogens is 244 g/mol. The molecule has 0 amide bonds. The molecule has 19 heavy (non-hydrogen) atoms. The second kappa shape index (κ2) is 8.53. The van der Waals surface area contributed by atoms with E-state index in [1.807, 2.05) is 44.2 Å². The summed E-state index contributed by atoms with van der Waals surface area (Å²) in [6.45, 7) is 6.42. The highest BCUT2D eigenvalue weighted by atomic mass is 16.7. The zero-order valence-electron chi connectivity index (χ0n) is 11.8. The number of benzene rings is 1. The number of hydrogen-bond acceptors (Lipinski definition) is 4. The predicted octanol–water partition coefficient (Wildman–Crippen LogP) is 3.72. The van der Waals surface area contributed by atoms with Crippen molar-refractivity contribution in [3.63, 3.8) is 0 Å². The molecule has 0 N–H and O–H groups in total. The van der Waals surface area contributed by atoms with Gasteiger partial charge in [0.1, 0.15) is 0 Å². The lowest BCUT2D eigenvalue weighted by Gasteiger charge is -2.20. The summed E-state index contributed by atoms with van der Waals surface area (Å²) in [5, 5.41) is 0. The molecule has 0 heterocycles. The first-order valence-electron chi connectivity index (χ1n) is 6.67. The smallest absolute Gasteiger partial charge is 0.435 e. The maximum atomic E-state index is 11.4. The molecule has 0 fully saturated rings. The summed E-state index contributed by atoms with van der Waals surface area (Å²) in [5.74, 6) is 0. The third kappa shape index (κ3) is 5.75. The molecule has 4 heteroatoms. The standard InChI is InChI=1S/C15H22O4/c1-4-12(3)18-11-14(19-15(16)17-5-2)13-9-7-6-8-10-13/h6-10,12,14H,4-5,11H2,1-3H3. The van der Waals surface area contributed by atoms with Crippen molar-refractivity contribution < 1.29 is 19.0 Å². The van der Waals surface area contributed by atoms with Gasteiger partial charge in [-0.1, -0.05) is 37.3 Å². The van der Waals surface area contributed by atoms with Crippen LogP contribution in [-0.2, 0) is 14.2 Å². The highest BCUT2D eigenvalue weighted by Crippen LogP contribution is 2.19. The molecule has 2 atom stereocenters. The van der Waals surface area contributed by atoms with Crippen LogP contribution in [0.25, 0.3) is 0 Å². The van der Waals surface area contributed by atoms with E-state index in [9.17, 15) is 4.79 Å². The Morgan fingerprint density at radius 1 is 1.21 bits per heavy atom. The lowest BCUT2D eigenvalue weighted by molar-refractivity contribution is -0.0357. The fourth-order valence-electron chi connectivity index (χ4n) is 1.50. The summed E-state index contributed by atoms with van der Waals surface area (Å²) in [5.41, 5.74) is 0.902. The van der Waals surface area contributed by atoms with E-state index in [0.29, 0.717) is 13.2 Å². The number of carbonyl (C=O) groups excluding carboxylic acids is 1. The summed E-state index contributed by atoms with van der Waals surface area (Å²) in [7, 11) is 0. The molecule has 0 aliphatic rings. The highest BCUT2D eigenvalue weighted by Gasteiger charge is 2.18. The van der Waals surface area contributed by atoms with Gasteiger partial charge in [0.2, 0.25) is 0 Å². The average Bonchev–Trinajstić information content (AvgIpc) is 2.44. The van der Waals surface area contributed by atoms with Crippen LogP contribution >= 0.6 is 0 Å². The molecule has 0 bridgehead atoms. The first-order valence-corrected chi connectivity index (χ1v) is 6.67. The SMILES string of the molecule is CCOC(=O)OC(COC(C)CC)c1ccccc1. The van der Waals surface area contributed by atoms with Crippen molar-refractivity contribution in [3.05, 3.63) is 35.9 Å². The van der Waals surface area contributed by atoms with Crippen molar-refractivity contribution >= 4 is 6.16 Å². The van der Waals surface area contributed by atoms with Gasteiger partial charge in [0.05, 0.1) is 19.3 Å². The molecule has 2 unspecified atom stereocenters. The Kier molecular flexibility index (Phi) is 6.97. The Bertz CT molecular complexity index is 364. The fraction of sp³-hybridized carbons (Fsp3) is 0.533. The fourth-order valence-corrected chi connectivity index (χ4v) is 1.50. The van der Waals surface area contributed by atoms with Crippen molar-refractivity contribution in [2.75, 3.05) is 13.2 Å². The van der Waals surface area contributed by atoms with E-state index in [4.69, 9.17) is 14.2 Å². The quantitative estimate of drug-likeness (QED) is 0.706. The maximum Gasteiger partial charge on any atom is 0.508 e. The molecular formula is C15H22O4. The minimum absolute atomic E-state index is 0.136. The van der Waals surface area contributed by atoms with E-state index in [-0.39, 0.29) is 6.10 Å². The zero-order valence-corrected chi connectivity index (χ0v) is 11.8. The van der Waals surface area contributed by atoms with Gasteiger partial charge >= 0.3 is 6.16 Å². The minimum Gasteiger partial charge on any atom is -0.435 e. The minimum atomic E-state index is -0.663. The summed E-state index contributed by atoms with van der Waals surface area (Å²) in [4.78, 5) is 11.4. The van der Waals surface area contributed by atoms with E-state index >= 15 is 0 Å². The Labute approximate surface area is 114 Å². The van der Waals surface area contributed by atoms with E-state index in [1.54, 1.807) is 6.92 Å². The number of hydrogen-bond donors (Lipinski definition) is 0. The topological polar surface area (TPSA) is 44.8 Å². The van der Waals surface area contributed by atoms with Crippen molar-refractivity contribution in [3.8, 4) is 0 Å². The summed E-state index contributed by atoms with van der Waals surface area (Å²) in [6, 6.07) is 9.54. The van der Waals surface area contributed by atoms with Gasteiger partial charge in [-0.25, -0.2) is 4.79 Å². The van der Waals surface area contributed by atoms with Crippen LogP contribution in [0.4, 0.5) is 4.79 Å². The van der Waals surface area contributed by atoms with Crippen LogP contribution in [0.5, 0.6) is 0 Å². The summed E-state index contributed by atoms with van der Waals surface area (Å²) in [6.07, 6.45) is -0.0451. The Morgan fingerprint density at radius 3 is 2.47 bits per heavy atom. The van der Waals surface area contributed by atoms with Crippen LogP contribution in [-0.4, -0.2) is 25.5 Å². The number of carbonyl (C=O) groups is 1. The van der Waals surface area contributed by atoms with Crippen molar-refractivity contribution in [1.82, 2.24) is 0 Å². The largest absolute Gasteiger partial charge is 0.508 e. The van der Waals surface area contributed by atoms with Crippen molar-refractivity contribution in [2.45, 2.75) is 39.4 Å². The average molecular weight is 266 g/mol. The van der Waals surface area contributed by atoms with Crippen LogP contribution in [0.1, 0.15) is 38.9 Å². The maximum absolute atomic E-state index is 11.4. The van der Waals surface area contributed by atoms with Gasteiger partial charge in [0.25, 0.3) is 0 Å². The Morgan fingerprint density at radius 2 is 1.89 bits per heavy atom. The van der Waals surface area contributed by atoms with Crippen molar-refractivity contribution in [1.29, 1.82) is 0 Å². The van der Waals surface area contributed by atoms with Gasteiger partial charge in [-0.05, 0) is 25.8 Å².